The Morgan fingerprint density at radius 2 is 1.77 bits per heavy atom. The summed E-state index contributed by atoms with van der Waals surface area (Å²) in [6.45, 7) is 1.46. The van der Waals surface area contributed by atoms with Crippen molar-refractivity contribution in [3.05, 3.63) is 93.9 Å². The van der Waals surface area contributed by atoms with Gasteiger partial charge in [-0.25, -0.2) is 0 Å². The molecule has 1 aromatic heterocycles. The number of rotatable bonds is 7. The smallest absolute Gasteiger partial charge is 0.287 e. The van der Waals surface area contributed by atoms with Crippen LogP contribution < -0.4 is 10.6 Å². The van der Waals surface area contributed by atoms with Crippen LogP contribution in [0.15, 0.2) is 71.3 Å². The summed E-state index contributed by atoms with van der Waals surface area (Å²) in [7, 11) is 0. The number of nitrogens with zero attached hydrogens (tertiary/aromatic N) is 1. The van der Waals surface area contributed by atoms with E-state index >= 15 is 0 Å². The van der Waals surface area contributed by atoms with Crippen LogP contribution in [0.5, 0.6) is 0 Å². The number of benzene rings is 2. The topological polar surface area (TPSA) is 132 Å². The normalized spacial score (nSPS) is 11.4. The van der Waals surface area contributed by atoms with E-state index in [1.165, 1.54) is 37.5 Å². The van der Waals surface area contributed by atoms with Gasteiger partial charge in [-0.1, -0.05) is 30.3 Å². The molecule has 0 radical (unpaired) electrons. The molecule has 0 bridgehead atoms. The third kappa shape index (κ3) is 4.58. The number of non-ortho nitro benzene ring substituents is 1. The van der Waals surface area contributed by atoms with Gasteiger partial charge in [0, 0.05) is 17.7 Å². The van der Waals surface area contributed by atoms with Gasteiger partial charge in [0.1, 0.15) is 6.04 Å². The number of ketones is 1. The van der Waals surface area contributed by atoms with E-state index in [1.807, 2.05) is 0 Å². The van der Waals surface area contributed by atoms with Crippen LogP contribution in [-0.2, 0) is 4.79 Å². The molecule has 1 heterocycles. The highest BCUT2D eigenvalue weighted by atomic mass is 16.6. The molecule has 9 nitrogen and oxygen atoms in total. The highest BCUT2D eigenvalue weighted by Crippen LogP contribution is 2.25. The molecule has 2 N–H and O–H groups in total. The molecule has 1 unspecified atom stereocenters. The SMILES string of the molecule is CC(NC(=O)c1ccco1)C(=O)Nc1ccc([N+](=O)[O-])cc1C(=O)c1ccccc1. The molecule has 9 heteroatoms. The van der Waals surface area contributed by atoms with Crippen LogP contribution >= 0.6 is 0 Å². The van der Waals surface area contributed by atoms with Crippen molar-refractivity contribution in [1.82, 2.24) is 5.32 Å². The monoisotopic (exact) mass is 407 g/mol. The first-order chi connectivity index (χ1) is 14.4. The van der Waals surface area contributed by atoms with Crippen molar-refractivity contribution in [1.29, 1.82) is 0 Å². The lowest BCUT2D eigenvalue weighted by atomic mass is 10.0. The van der Waals surface area contributed by atoms with Gasteiger partial charge in [0.25, 0.3) is 11.6 Å². The quantitative estimate of drug-likeness (QED) is 0.351. The molecule has 30 heavy (non-hydrogen) atoms. The van der Waals surface area contributed by atoms with Crippen LogP contribution in [-0.4, -0.2) is 28.6 Å². The number of amides is 2. The Kier molecular flexibility index (Phi) is 6.02. The second-order valence-electron chi connectivity index (χ2n) is 6.34. The van der Waals surface area contributed by atoms with E-state index in [2.05, 4.69) is 10.6 Å². The summed E-state index contributed by atoms with van der Waals surface area (Å²) in [4.78, 5) is 48.0. The number of nitro benzene ring substituents is 1. The van der Waals surface area contributed by atoms with Crippen molar-refractivity contribution < 1.29 is 23.7 Å². The number of hydrogen-bond acceptors (Lipinski definition) is 6. The third-order valence-corrected chi connectivity index (χ3v) is 4.24. The molecular formula is C21H17N3O6. The molecule has 0 aliphatic heterocycles. The minimum absolute atomic E-state index is 0.0340. The first-order valence-electron chi connectivity index (χ1n) is 8.90. The van der Waals surface area contributed by atoms with E-state index in [-0.39, 0.29) is 22.7 Å². The van der Waals surface area contributed by atoms with Gasteiger partial charge in [-0.3, -0.25) is 24.5 Å². The summed E-state index contributed by atoms with van der Waals surface area (Å²) in [5.74, 6) is -1.62. The fraction of sp³-hybridized carbons (Fsp3) is 0.0952. The zero-order valence-corrected chi connectivity index (χ0v) is 15.8. The first-order valence-corrected chi connectivity index (χ1v) is 8.90. The van der Waals surface area contributed by atoms with Gasteiger partial charge in [-0.2, -0.15) is 0 Å². The van der Waals surface area contributed by atoms with Gasteiger partial charge in [0.2, 0.25) is 5.91 Å². The minimum Gasteiger partial charge on any atom is -0.459 e. The summed E-state index contributed by atoms with van der Waals surface area (Å²) in [6, 6.07) is 13.8. The van der Waals surface area contributed by atoms with Gasteiger partial charge in [-0.15, -0.1) is 0 Å². The van der Waals surface area contributed by atoms with E-state index in [4.69, 9.17) is 4.42 Å². The number of furan rings is 1. The molecule has 0 aliphatic rings. The van der Waals surface area contributed by atoms with Crippen molar-refractivity contribution in [3.8, 4) is 0 Å². The summed E-state index contributed by atoms with van der Waals surface area (Å²) >= 11 is 0. The lowest BCUT2D eigenvalue weighted by Gasteiger charge is -2.15. The predicted octanol–water partition coefficient (Wildman–Crippen LogP) is 3.18. The van der Waals surface area contributed by atoms with Crippen LogP contribution in [0.4, 0.5) is 11.4 Å². The molecule has 3 rings (SSSR count). The van der Waals surface area contributed by atoms with E-state index in [0.717, 1.165) is 6.07 Å². The van der Waals surface area contributed by atoms with Gasteiger partial charge in [0.05, 0.1) is 22.4 Å². The molecular weight excluding hydrogens is 390 g/mol. The zero-order chi connectivity index (χ0) is 21.7. The van der Waals surface area contributed by atoms with Crippen molar-refractivity contribution >= 4 is 29.0 Å². The summed E-state index contributed by atoms with van der Waals surface area (Å²) in [6.07, 6.45) is 1.33. The molecule has 2 aromatic carbocycles. The van der Waals surface area contributed by atoms with Gasteiger partial charge in [0.15, 0.2) is 11.5 Å². The van der Waals surface area contributed by atoms with Crippen LogP contribution in [0.1, 0.15) is 33.4 Å². The Labute approximate surface area is 170 Å². The Balaban J connectivity index is 1.84. The molecule has 2 amide bonds. The highest BCUT2D eigenvalue weighted by molar-refractivity contribution is 6.14. The number of carbonyl (C=O) groups excluding carboxylic acids is 3. The van der Waals surface area contributed by atoms with E-state index in [0.29, 0.717) is 5.56 Å². The second kappa shape index (κ2) is 8.82. The zero-order valence-electron chi connectivity index (χ0n) is 15.8. The van der Waals surface area contributed by atoms with Crippen molar-refractivity contribution in [2.45, 2.75) is 13.0 Å². The standard InChI is InChI=1S/C21H17N3O6/c1-13(22-21(27)18-8-5-11-30-18)20(26)23-17-10-9-15(24(28)29)12-16(17)19(25)14-6-3-2-4-7-14/h2-13H,1H3,(H,22,27)(H,23,26). The molecule has 0 aliphatic carbocycles. The lowest BCUT2D eigenvalue weighted by molar-refractivity contribution is -0.384. The van der Waals surface area contributed by atoms with Gasteiger partial charge >= 0.3 is 0 Å². The predicted molar refractivity (Wildman–Crippen MR) is 107 cm³/mol. The Hall–Kier alpha value is -4.27. The fourth-order valence-corrected chi connectivity index (χ4v) is 2.67. The van der Waals surface area contributed by atoms with E-state index in [9.17, 15) is 24.5 Å². The first kappa shape index (κ1) is 20.5. The molecule has 0 fully saturated rings. The Morgan fingerprint density at radius 1 is 1.03 bits per heavy atom. The van der Waals surface area contributed by atoms with Gasteiger partial charge < -0.3 is 15.1 Å². The third-order valence-electron chi connectivity index (χ3n) is 4.24. The van der Waals surface area contributed by atoms with E-state index in [1.54, 1.807) is 30.3 Å². The Morgan fingerprint density at radius 3 is 2.40 bits per heavy atom. The maximum absolute atomic E-state index is 12.9. The summed E-state index contributed by atoms with van der Waals surface area (Å²) in [5.41, 5.74) is 0.0889. The molecule has 0 saturated heterocycles. The number of nitrogens with one attached hydrogen (secondary N) is 2. The lowest BCUT2D eigenvalue weighted by Crippen LogP contribution is -2.41. The van der Waals surface area contributed by atoms with Crippen molar-refractivity contribution in [2.24, 2.45) is 0 Å². The number of anilines is 1. The maximum Gasteiger partial charge on any atom is 0.287 e. The minimum atomic E-state index is -0.961. The van der Waals surface area contributed by atoms with Crippen molar-refractivity contribution in [3.63, 3.8) is 0 Å². The molecule has 152 valence electrons. The van der Waals surface area contributed by atoms with Crippen LogP contribution in [0, 0.1) is 10.1 Å². The van der Waals surface area contributed by atoms with Gasteiger partial charge in [-0.05, 0) is 25.1 Å². The number of hydrogen-bond donors (Lipinski definition) is 2. The average molecular weight is 407 g/mol. The maximum atomic E-state index is 12.9. The summed E-state index contributed by atoms with van der Waals surface area (Å²) in [5, 5.41) is 16.2. The molecule has 0 saturated carbocycles. The number of nitro groups is 1. The van der Waals surface area contributed by atoms with Crippen LogP contribution in [0.25, 0.3) is 0 Å². The molecule has 0 spiro atoms. The highest BCUT2D eigenvalue weighted by Gasteiger charge is 2.23. The van der Waals surface area contributed by atoms with E-state index < -0.39 is 28.6 Å². The Bertz CT molecular complexity index is 1090. The largest absolute Gasteiger partial charge is 0.459 e. The summed E-state index contributed by atoms with van der Waals surface area (Å²) < 4.78 is 4.98. The molecule has 1 atom stereocenters. The van der Waals surface area contributed by atoms with Crippen LogP contribution in [0.3, 0.4) is 0 Å². The van der Waals surface area contributed by atoms with Crippen LogP contribution in [0.2, 0.25) is 0 Å². The fourth-order valence-electron chi connectivity index (χ4n) is 2.67. The second-order valence-corrected chi connectivity index (χ2v) is 6.34. The van der Waals surface area contributed by atoms with Crippen molar-refractivity contribution in [2.75, 3.05) is 5.32 Å². The molecule has 3 aromatic rings. The number of carbonyl (C=O) groups is 3. The average Bonchev–Trinajstić information content (AvgIpc) is 3.29.